The molecule has 0 saturated carbocycles. The van der Waals surface area contributed by atoms with Crippen LogP contribution in [0, 0.1) is 0 Å². The quantitative estimate of drug-likeness (QED) is 0.558. The van der Waals surface area contributed by atoms with E-state index in [1.807, 2.05) is 6.92 Å². The van der Waals surface area contributed by atoms with Crippen LogP contribution < -0.4 is 5.56 Å². The van der Waals surface area contributed by atoms with Gasteiger partial charge >= 0.3 is 5.97 Å². The number of benzene rings is 1. The number of ether oxygens (including phenoxy) is 1. The molecule has 2 aromatic heterocycles. The number of hydrogen-bond acceptors (Lipinski definition) is 7. The van der Waals surface area contributed by atoms with E-state index in [1.54, 1.807) is 11.6 Å². The number of fused-ring (bicyclic) bond motifs is 1. The van der Waals surface area contributed by atoms with Crippen molar-refractivity contribution in [3.63, 3.8) is 0 Å². The minimum Gasteiger partial charge on any atom is -0.456 e. The second-order valence-corrected chi connectivity index (χ2v) is 9.97. The monoisotopic (exact) mass is 447 g/mol. The summed E-state index contributed by atoms with van der Waals surface area (Å²) in [7, 11) is -3.59. The highest BCUT2D eigenvalue weighted by Crippen LogP contribution is 2.25. The fourth-order valence-electron chi connectivity index (χ4n) is 3.51. The third-order valence-corrected chi connectivity index (χ3v) is 7.93. The van der Waals surface area contributed by atoms with Crippen LogP contribution in [0.2, 0.25) is 0 Å². The summed E-state index contributed by atoms with van der Waals surface area (Å²) in [6, 6.07) is 7.02. The lowest BCUT2D eigenvalue weighted by atomic mass is 10.1. The fraction of sp³-hybridized carbons (Fsp3) is 0.350. The number of hydrogen-bond donors (Lipinski definition) is 0. The molecular weight excluding hydrogens is 426 g/mol. The summed E-state index contributed by atoms with van der Waals surface area (Å²) in [5.74, 6) is -0.613. The highest BCUT2D eigenvalue weighted by molar-refractivity contribution is 7.89. The van der Waals surface area contributed by atoms with Crippen molar-refractivity contribution in [2.24, 2.45) is 0 Å². The maximum absolute atomic E-state index is 12.9. The molecule has 0 bridgehead atoms. The lowest BCUT2D eigenvalue weighted by Crippen LogP contribution is -2.41. The Labute approximate surface area is 177 Å². The zero-order chi connectivity index (χ0) is 21.3. The maximum Gasteiger partial charge on any atom is 0.338 e. The molecule has 10 heteroatoms. The predicted octanol–water partition coefficient (Wildman–Crippen LogP) is 2.68. The average Bonchev–Trinajstić information content (AvgIpc) is 3.21. The summed E-state index contributed by atoms with van der Waals surface area (Å²) in [5, 5.41) is 1.75. The number of esters is 1. The topological polar surface area (TPSA) is 98.0 Å². The van der Waals surface area contributed by atoms with Crippen LogP contribution in [0.3, 0.4) is 0 Å². The number of carbonyl (C=O) groups excluding carboxylic acids is 1. The highest BCUT2D eigenvalue weighted by atomic mass is 32.2. The van der Waals surface area contributed by atoms with Crippen LogP contribution in [-0.2, 0) is 21.4 Å². The summed E-state index contributed by atoms with van der Waals surface area (Å²) in [4.78, 5) is 29.3. The van der Waals surface area contributed by atoms with Gasteiger partial charge in [-0.05, 0) is 44.0 Å². The van der Waals surface area contributed by atoms with E-state index in [9.17, 15) is 18.0 Å². The Morgan fingerprint density at radius 2 is 2.03 bits per heavy atom. The number of sulfonamides is 1. The van der Waals surface area contributed by atoms with Gasteiger partial charge in [-0.25, -0.2) is 18.2 Å². The van der Waals surface area contributed by atoms with Gasteiger partial charge in [-0.2, -0.15) is 4.31 Å². The Kier molecular flexibility index (Phi) is 5.72. The molecule has 0 spiro atoms. The molecule has 1 atom stereocenters. The van der Waals surface area contributed by atoms with Crippen LogP contribution in [0.25, 0.3) is 4.96 Å². The van der Waals surface area contributed by atoms with Crippen LogP contribution in [0.4, 0.5) is 0 Å². The molecule has 0 aliphatic carbocycles. The van der Waals surface area contributed by atoms with Crippen molar-refractivity contribution in [3.05, 3.63) is 63.5 Å². The summed E-state index contributed by atoms with van der Waals surface area (Å²) in [6.07, 6.45) is 4.35. The molecule has 1 aromatic carbocycles. The number of rotatable bonds is 5. The van der Waals surface area contributed by atoms with Gasteiger partial charge in [-0.15, -0.1) is 11.3 Å². The first-order valence-corrected chi connectivity index (χ1v) is 11.9. The maximum atomic E-state index is 12.9. The van der Waals surface area contributed by atoms with Crippen molar-refractivity contribution in [3.8, 4) is 0 Å². The van der Waals surface area contributed by atoms with E-state index in [-0.39, 0.29) is 28.7 Å². The molecule has 1 saturated heterocycles. The zero-order valence-corrected chi connectivity index (χ0v) is 18.0. The van der Waals surface area contributed by atoms with Gasteiger partial charge in [0.15, 0.2) is 4.96 Å². The lowest BCUT2D eigenvalue weighted by molar-refractivity contribution is 0.0467. The molecule has 3 heterocycles. The third-order valence-electron chi connectivity index (χ3n) is 5.15. The van der Waals surface area contributed by atoms with Crippen molar-refractivity contribution in [2.45, 2.75) is 43.7 Å². The minimum absolute atomic E-state index is 0.0364. The second-order valence-electron chi connectivity index (χ2n) is 7.20. The van der Waals surface area contributed by atoms with E-state index in [2.05, 4.69) is 4.98 Å². The first-order valence-electron chi connectivity index (χ1n) is 9.61. The molecule has 158 valence electrons. The van der Waals surface area contributed by atoms with Crippen molar-refractivity contribution in [1.29, 1.82) is 0 Å². The van der Waals surface area contributed by atoms with E-state index in [0.717, 1.165) is 19.3 Å². The van der Waals surface area contributed by atoms with Crippen LogP contribution in [0.5, 0.6) is 0 Å². The number of thiazole rings is 1. The normalized spacial score (nSPS) is 17.8. The van der Waals surface area contributed by atoms with Crippen LogP contribution in [-0.4, -0.2) is 40.7 Å². The summed E-state index contributed by atoms with van der Waals surface area (Å²) in [6.45, 7) is 2.28. The van der Waals surface area contributed by atoms with E-state index in [1.165, 1.54) is 50.4 Å². The van der Waals surface area contributed by atoms with Gasteiger partial charge in [0, 0.05) is 30.2 Å². The summed E-state index contributed by atoms with van der Waals surface area (Å²) in [5.41, 5.74) is 0.345. The van der Waals surface area contributed by atoms with E-state index in [0.29, 0.717) is 17.2 Å². The number of carbonyl (C=O) groups is 1. The van der Waals surface area contributed by atoms with Gasteiger partial charge in [-0.3, -0.25) is 9.20 Å². The van der Waals surface area contributed by atoms with Gasteiger partial charge in [0.2, 0.25) is 10.0 Å². The van der Waals surface area contributed by atoms with Gasteiger partial charge < -0.3 is 4.74 Å². The molecule has 3 aromatic rings. The first kappa shape index (κ1) is 20.7. The van der Waals surface area contributed by atoms with Crippen molar-refractivity contribution in [2.75, 3.05) is 6.54 Å². The summed E-state index contributed by atoms with van der Waals surface area (Å²) >= 11 is 1.31. The van der Waals surface area contributed by atoms with E-state index < -0.39 is 16.0 Å². The highest BCUT2D eigenvalue weighted by Gasteiger charge is 2.30. The smallest absolute Gasteiger partial charge is 0.338 e. The second kappa shape index (κ2) is 8.29. The Balaban J connectivity index is 1.45. The van der Waals surface area contributed by atoms with Gasteiger partial charge in [0.25, 0.3) is 5.56 Å². The van der Waals surface area contributed by atoms with Crippen molar-refractivity contribution >= 4 is 32.3 Å². The Morgan fingerprint density at radius 3 is 2.77 bits per heavy atom. The molecule has 0 radical (unpaired) electrons. The molecule has 4 rings (SSSR count). The third kappa shape index (κ3) is 4.03. The SMILES string of the molecule is C[C@@H]1CCCCN1S(=O)(=O)c1ccc(C(=O)OCc2cc(=O)n3ccsc3n2)cc1. The summed E-state index contributed by atoms with van der Waals surface area (Å²) < 4.78 is 33.9. The van der Waals surface area contributed by atoms with Gasteiger partial charge in [0.1, 0.15) is 6.61 Å². The standard InChI is InChI=1S/C20H21N3O5S2/c1-14-4-2-3-9-23(14)30(26,27)17-7-5-15(6-8-17)19(25)28-13-16-12-18(24)22-10-11-29-20(22)21-16/h5-8,10-12,14H,2-4,9,13H2,1H3/t14-/m1/s1. The molecule has 1 aliphatic rings. The largest absolute Gasteiger partial charge is 0.456 e. The Bertz CT molecular complexity index is 1230. The molecule has 1 fully saturated rings. The van der Waals surface area contributed by atoms with Crippen LogP contribution >= 0.6 is 11.3 Å². The number of nitrogens with zero attached hydrogens (tertiary/aromatic N) is 3. The molecule has 1 aliphatic heterocycles. The molecule has 8 nitrogen and oxygen atoms in total. The van der Waals surface area contributed by atoms with E-state index >= 15 is 0 Å². The molecule has 0 N–H and O–H groups in total. The molecule has 0 unspecified atom stereocenters. The fourth-order valence-corrected chi connectivity index (χ4v) is 5.95. The van der Waals surface area contributed by atoms with Gasteiger partial charge in [0.05, 0.1) is 16.2 Å². The first-order chi connectivity index (χ1) is 14.4. The van der Waals surface area contributed by atoms with E-state index in [4.69, 9.17) is 4.74 Å². The van der Waals surface area contributed by atoms with Crippen molar-refractivity contribution < 1.29 is 17.9 Å². The van der Waals surface area contributed by atoms with Crippen LogP contribution in [0.1, 0.15) is 42.2 Å². The molecule has 0 amide bonds. The van der Waals surface area contributed by atoms with Crippen molar-refractivity contribution in [1.82, 2.24) is 13.7 Å². The Hall–Kier alpha value is -2.56. The molecule has 30 heavy (non-hydrogen) atoms. The predicted molar refractivity (Wildman–Crippen MR) is 112 cm³/mol. The zero-order valence-electron chi connectivity index (χ0n) is 16.4. The Morgan fingerprint density at radius 1 is 1.27 bits per heavy atom. The van der Waals surface area contributed by atoms with Crippen LogP contribution in [0.15, 0.2) is 51.6 Å². The lowest BCUT2D eigenvalue weighted by Gasteiger charge is -2.32. The number of aromatic nitrogens is 2. The molecular formula is C20H21N3O5S2. The van der Waals surface area contributed by atoms with Gasteiger partial charge in [-0.1, -0.05) is 6.42 Å². The average molecular weight is 448 g/mol. The number of piperidine rings is 1. The minimum atomic E-state index is -3.59.